The molecule has 3 aromatic carbocycles. The zero-order valence-corrected chi connectivity index (χ0v) is 40.1. The van der Waals surface area contributed by atoms with Gasteiger partial charge >= 0.3 is 5.97 Å². The lowest BCUT2D eigenvalue weighted by Gasteiger charge is -2.30. The van der Waals surface area contributed by atoms with Gasteiger partial charge in [-0.2, -0.15) is 13.4 Å². The summed E-state index contributed by atoms with van der Waals surface area (Å²) in [6, 6.07) is 7.81. The first-order valence-electron chi connectivity index (χ1n) is 20.6. The lowest BCUT2D eigenvalue weighted by Crippen LogP contribution is -2.33. The van der Waals surface area contributed by atoms with Crippen molar-refractivity contribution in [2.45, 2.75) is 91.2 Å². The maximum Gasteiger partial charge on any atom is 0.311 e. The summed E-state index contributed by atoms with van der Waals surface area (Å²) in [5.41, 5.74) is 1.18. The van der Waals surface area contributed by atoms with Crippen molar-refractivity contribution in [1.82, 2.24) is 0 Å². The minimum Gasteiger partial charge on any atom is -0.748 e. The molecular weight excluding hydrogens is 989 g/mol. The molecule has 2 unspecified atom stereocenters. The van der Waals surface area contributed by atoms with Gasteiger partial charge in [-0.05, 0) is 94.8 Å². The third kappa shape index (κ3) is 11.6. The molecule has 0 spiro atoms. The van der Waals surface area contributed by atoms with Gasteiger partial charge in [0.05, 0.1) is 25.3 Å². The molecule has 2 aliphatic rings. The van der Waals surface area contributed by atoms with Crippen LogP contribution in [-0.4, -0.2) is 101 Å². The molecule has 0 radical (unpaired) electrons. The number of carbonyl (C=O) groups excluding carboxylic acids is 1. The number of rotatable bonds is 21. The second-order valence-electron chi connectivity index (χ2n) is 16.3. The summed E-state index contributed by atoms with van der Waals surface area (Å²) < 4.78 is 210. The van der Waals surface area contributed by atoms with Crippen molar-refractivity contribution in [3.05, 3.63) is 107 Å². The highest BCUT2D eigenvalue weighted by Crippen LogP contribution is 2.51. The van der Waals surface area contributed by atoms with E-state index in [0.29, 0.717) is 46.9 Å². The Morgan fingerprint density at radius 1 is 0.735 bits per heavy atom. The molecule has 0 saturated heterocycles. The van der Waals surface area contributed by atoms with E-state index >= 15 is 0 Å². The lowest BCUT2D eigenvalue weighted by molar-refractivity contribution is -0.438. The van der Waals surface area contributed by atoms with Crippen LogP contribution in [0.4, 0.5) is 28.9 Å². The van der Waals surface area contributed by atoms with Crippen LogP contribution in [0.1, 0.15) is 76.8 Å². The number of likely N-dealkylation sites (N-methyl/N-ethyl adjacent to an activating group) is 1. The fraction of sp³-hybridized carbons (Fsp3) is 0.395. The van der Waals surface area contributed by atoms with Crippen LogP contribution in [0, 0.1) is 23.3 Å². The number of anilines is 1. The largest absolute Gasteiger partial charge is 0.748 e. The first-order valence-corrected chi connectivity index (χ1v) is 26.4. The van der Waals surface area contributed by atoms with Crippen LogP contribution in [0.2, 0.25) is 0 Å². The summed E-state index contributed by atoms with van der Waals surface area (Å²) in [6.07, 6.45) is 8.72. The van der Waals surface area contributed by atoms with E-state index < -0.39 is 113 Å². The van der Waals surface area contributed by atoms with E-state index in [4.69, 9.17) is 4.74 Å². The Bertz CT molecular complexity index is 3060. The molecule has 2 heterocycles. The van der Waals surface area contributed by atoms with E-state index in [1.54, 1.807) is 37.3 Å². The minimum absolute atomic E-state index is 0.00405. The summed E-state index contributed by atoms with van der Waals surface area (Å²) in [7, 11) is -18.9. The number of methoxy groups -OCH3 is 1. The molecule has 2 atom stereocenters. The van der Waals surface area contributed by atoms with E-state index in [1.165, 1.54) is 37.4 Å². The zero-order chi connectivity index (χ0) is 50.8. The number of carbonyl (C=O) groups is 1. The number of fused-ring (bicyclic) bond motifs is 2. The van der Waals surface area contributed by atoms with Gasteiger partial charge in [0.2, 0.25) is 23.1 Å². The monoisotopic (exact) mass is 1030 g/mol. The Morgan fingerprint density at radius 2 is 1.34 bits per heavy atom. The van der Waals surface area contributed by atoms with Gasteiger partial charge in [0.1, 0.15) is 41.8 Å². The molecule has 2 aliphatic heterocycles. The summed E-state index contributed by atoms with van der Waals surface area (Å²) in [4.78, 5) is 11.0. The highest BCUT2D eigenvalue weighted by atomic mass is 32.2. The molecular formula is C43H45F4N2O15S4-3. The van der Waals surface area contributed by atoms with Crippen molar-refractivity contribution in [3.63, 3.8) is 0 Å². The predicted molar refractivity (Wildman–Crippen MR) is 231 cm³/mol. The van der Waals surface area contributed by atoms with Crippen molar-refractivity contribution >= 4 is 63.5 Å². The third-order valence-electron chi connectivity index (χ3n) is 11.8. The fourth-order valence-electron chi connectivity index (χ4n) is 8.53. The highest BCUT2D eigenvalue weighted by Gasteiger charge is 2.48. The van der Waals surface area contributed by atoms with Crippen LogP contribution in [0.5, 0.6) is 5.75 Å². The molecule has 372 valence electrons. The van der Waals surface area contributed by atoms with Crippen LogP contribution in [0.15, 0.2) is 87.2 Å². The Hall–Kier alpha value is -4.86. The smallest absolute Gasteiger partial charge is 0.311 e. The molecule has 0 N–H and O–H groups in total. The molecule has 68 heavy (non-hydrogen) atoms. The average molecular weight is 1030 g/mol. The van der Waals surface area contributed by atoms with Crippen molar-refractivity contribution in [3.8, 4) is 5.75 Å². The first-order chi connectivity index (χ1) is 31.5. The van der Waals surface area contributed by atoms with E-state index in [9.17, 15) is 74.2 Å². The maximum absolute atomic E-state index is 14.4. The van der Waals surface area contributed by atoms with Gasteiger partial charge in [0, 0.05) is 73.4 Å². The number of ether oxygens (including phenoxy) is 2. The van der Waals surface area contributed by atoms with Crippen molar-refractivity contribution in [2.24, 2.45) is 0 Å². The van der Waals surface area contributed by atoms with Crippen LogP contribution in [0.25, 0.3) is 0 Å². The Labute approximate surface area is 391 Å². The van der Waals surface area contributed by atoms with Gasteiger partial charge in [-0.1, -0.05) is 18.2 Å². The van der Waals surface area contributed by atoms with Crippen LogP contribution in [0.3, 0.4) is 0 Å². The number of hydrogen-bond donors (Lipinski definition) is 0. The number of nitrogens with zero attached hydrogens (tertiary/aromatic N) is 2. The third-order valence-corrected chi connectivity index (χ3v) is 15.1. The van der Waals surface area contributed by atoms with Gasteiger partial charge in [-0.3, -0.25) is 4.79 Å². The van der Waals surface area contributed by atoms with Gasteiger partial charge in [-0.15, -0.1) is 0 Å². The summed E-state index contributed by atoms with van der Waals surface area (Å²) in [5, 5.41) is 0. The first kappa shape index (κ1) is 54.1. The number of hydrogen-bond acceptors (Lipinski definition) is 16. The van der Waals surface area contributed by atoms with E-state index in [1.807, 2.05) is 23.3 Å². The molecule has 0 aromatic heterocycles. The number of unbranched alkanes of at least 4 members (excludes halogenated alkanes) is 2. The molecule has 17 nitrogen and oxygen atoms in total. The highest BCUT2D eigenvalue weighted by molar-refractivity contribution is 7.86. The molecule has 0 aliphatic carbocycles. The molecule has 25 heteroatoms. The number of benzene rings is 3. The van der Waals surface area contributed by atoms with Gasteiger partial charge in [0.15, 0.2) is 17.3 Å². The summed E-state index contributed by atoms with van der Waals surface area (Å²) >= 11 is 0. The Balaban J connectivity index is 1.45. The molecule has 0 bridgehead atoms. The van der Waals surface area contributed by atoms with Gasteiger partial charge in [0.25, 0.3) is 0 Å². The molecule has 0 saturated carbocycles. The van der Waals surface area contributed by atoms with Crippen molar-refractivity contribution in [1.29, 1.82) is 0 Å². The fourth-order valence-corrected chi connectivity index (χ4v) is 10.6. The second kappa shape index (κ2) is 20.6. The van der Waals surface area contributed by atoms with Crippen LogP contribution >= 0.6 is 0 Å². The SMILES string of the molecule is CCN1/C(=C/C=C/C=C/C2=[N+](CCCCCC(=O)Oc3c(F)c(F)c(S(=O)(=O)[O-])c(F)c3F)c3ccc(S(=O)(=O)[O-])cc3C2(C)CCOC)C(C)(CCCS(=O)(=O)[O-])c2cc(S(=O)(=O)[O-])ccc21. The van der Waals surface area contributed by atoms with Crippen LogP contribution in [-0.2, 0) is 60.8 Å². The summed E-state index contributed by atoms with van der Waals surface area (Å²) in [5.74, 6) is -13.8. The molecule has 5 rings (SSSR count). The topological polar surface area (TPSA) is 271 Å². The second-order valence-corrected chi connectivity index (χ2v) is 21.9. The number of allylic oxidation sites excluding steroid dienone is 6. The van der Waals surface area contributed by atoms with Crippen LogP contribution < -0.4 is 9.64 Å². The van der Waals surface area contributed by atoms with E-state index in [2.05, 4.69) is 4.74 Å². The standard InChI is InChI=1S/C43H48F4N2O15S4/c1-5-48-31-18-16-27(66(54,55)56)25-29(31)42(2,20-12-24-65(51,52)53)33(48)13-8-6-9-14-34-43(3,21-23-63-4)30-26-28(67(57,58)59)17-19-32(30)49(34)22-11-7-10-15-35(50)64-40-36(44)38(46)41(68(60,61)62)39(47)37(40)45/h6,8-9,13-14,16-19,25-26H,5,7,10-12,15,20-24H2,1-4H3,(H3-,51,52,53,54,55,56,57,58,59,60,61,62)/p-3. The van der Waals surface area contributed by atoms with Crippen molar-refractivity contribution < 1.29 is 88.3 Å². The lowest BCUT2D eigenvalue weighted by atomic mass is 9.76. The molecule has 0 amide bonds. The van der Waals surface area contributed by atoms with E-state index in [-0.39, 0.29) is 45.3 Å². The average Bonchev–Trinajstić information content (AvgIpc) is 3.61. The molecule has 0 fully saturated rings. The molecule has 3 aromatic rings. The van der Waals surface area contributed by atoms with E-state index in [0.717, 1.165) is 6.07 Å². The number of halogens is 4. The van der Waals surface area contributed by atoms with Gasteiger partial charge in [-0.25, -0.2) is 42.5 Å². The summed E-state index contributed by atoms with van der Waals surface area (Å²) in [6.45, 7) is 6.14. The quantitative estimate of drug-likeness (QED) is 0.0183. The zero-order valence-electron chi connectivity index (χ0n) is 36.8. The Morgan fingerprint density at radius 3 is 1.90 bits per heavy atom. The predicted octanol–water partition coefficient (Wildman–Crippen LogP) is 5.63. The maximum atomic E-state index is 14.4. The normalized spacial score (nSPS) is 19.5. The minimum atomic E-state index is -5.99. The Kier molecular flexibility index (Phi) is 16.4. The van der Waals surface area contributed by atoms with Gasteiger partial charge < -0.3 is 32.6 Å². The van der Waals surface area contributed by atoms with Crippen molar-refractivity contribution in [2.75, 3.05) is 37.5 Å². The number of esters is 1.